The maximum Gasteiger partial charge on any atom is 0.310 e. The molecule has 0 N–H and O–H groups in total. The van der Waals surface area contributed by atoms with Crippen LogP contribution in [0.2, 0.25) is 0 Å². The van der Waals surface area contributed by atoms with Crippen LogP contribution in [0.25, 0.3) is 0 Å². The van der Waals surface area contributed by atoms with Gasteiger partial charge in [0.1, 0.15) is 17.5 Å². The normalized spacial score (nSPS) is 25.7. The highest BCUT2D eigenvalue weighted by Gasteiger charge is 2.38. The maximum atomic E-state index is 12.6. The van der Waals surface area contributed by atoms with Crippen molar-refractivity contribution in [1.82, 2.24) is 4.90 Å². The molecule has 0 unspecified atom stereocenters. The van der Waals surface area contributed by atoms with Crippen LogP contribution in [0, 0.1) is 5.92 Å². The predicted octanol–water partition coefficient (Wildman–Crippen LogP) is 3.46. The van der Waals surface area contributed by atoms with E-state index >= 15 is 0 Å². The summed E-state index contributed by atoms with van der Waals surface area (Å²) < 4.78 is 12.7. The standard InChI is InChI=1S/C18H22BrNO4/c1-18(2)10-15(13-9-12(19)4-5-14(13)24-18)23-17(22)11-6-7-20(3)16(21)8-11/h4-5,9,11,15H,6-8,10H2,1-3H3/t11-,15-/m0/s1. The van der Waals surface area contributed by atoms with Crippen LogP contribution in [0.5, 0.6) is 5.75 Å². The zero-order valence-electron chi connectivity index (χ0n) is 14.2. The van der Waals surface area contributed by atoms with E-state index in [9.17, 15) is 9.59 Å². The van der Waals surface area contributed by atoms with Crippen molar-refractivity contribution >= 4 is 27.8 Å². The number of likely N-dealkylation sites (tertiary alicyclic amines) is 1. The number of benzene rings is 1. The zero-order chi connectivity index (χ0) is 17.5. The smallest absolute Gasteiger partial charge is 0.310 e. The van der Waals surface area contributed by atoms with Crippen LogP contribution in [-0.4, -0.2) is 36.0 Å². The van der Waals surface area contributed by atoms with Crippen molar-refractivity contribution in [2.75, 3.05) is 13.6 Å². The van der Waals surface area contributed by atoms with E-state index in [0.717, 1.165) is 15.8 Å². The Labute approximate surface area is 150 Å². The number of carbonyl (C=O) groups excluding carboxylic acids is 2. The molecule has 1 fully saturated rings. The Bertz CT molecular complexity index is 673. The maximum absolute atomic E-state index is 12.6. The number of piperidine rings is 1. The van der Waals surface area contributed by atoms with E-state index in [1.165, 1.54) is 0 Å². The molecule has 0 saturated carbocycles. The zero-order valence-corrected chi connectivity index (χ0v) is 15.8. The number of hydrogen-bond donors (Lipinski definition) is 0. The fourth-order valence-corrected chi connectivity index (χ4v) is 3.62. The molecule has 1 aromatic carbocycles. The van der Waals surface area contributed by atoms with Gasteiger partial charge in [0.15, 0.2) is 0 Å². The number of fused-ring (bicyclic) bond motifs is 1. The van der Waals surface area contributed by atoms with E-state index in [4.69, 9.17) is 9.47 Å². The number of halogens is 1. The van der Waals surface area contributed by atoms with Gasteiger partial charge in [-0.05, 0) is 38.5 Å². The SMILES string of the molecule is CN1CC[C@H](C(=O)O[C@H]2CC(C)(C)Oc3ccc(Br)cc32)CC1=O. The molecule has 24 heavy (non-hydrogen) atoms. The Kier molecular flexibility index (Phi) is 4.60. The lowest BCUT2D eigenvalue weighted by Crippen LogP contribution is -2.40. The van der Waals surface area contributed by atoms with Crippen LogP contribution in [0.15, 0.2) is 22.7 Å². The lowest BCUT2D eigenvalue weighted by molar-refractivity contribution is -0.162. The summed E-state index contributed by atoms with van der Waals surface area (Å²) >= 11 is 3.46. The third kappa shape index (κ3) is 3.58. The molecule has 0 aliphatic carbocycles. The first kappa shape index (κ1) is 17.3. The van der Waals surface area contributed by atoms with Crippen molar-refractivity contribution in [1.29, 1.82) is 0 Å². The number of amides is 1. The number of nitrogens with zero attached hydrogens (tertiary/aromatic N) is 1. The topological polar surface area (TPSA) is 55.8 Å². The number of esters is 1. The second-order valence-corrected chi connectivity index (χ2v) is 8.09. The largest absolute Gasteiger partial charge is 0.487 e. The van der Waals surface area contributed by atoms with Crippen LogP contribution in [0.3, 0.4) is 0 Å². The first-order chi connectivity index (χ1) is 11.2. The summed E-state index contributed by atoms with van der Waals surface area (Å²) in [6, 6.07) is 5.73. The van der Waals surface area contributed by atoms with Crippen molar-refractivity contribution in [3.8, 4) is 5.75 Å². The fourth-order valence-electron chi connectivity index (χ4n) is 3.25. The molecule has 2 heterocycles. The van der Waals surface area contributed by atoms with E-state index in [1.807, 2.05) is 32.0 Å². The fraction of sp³-hybridized carbons (Fsp3) is 0.556. The van der Waals surface area contributed by atoms with E-state index in [0.29, 0.717) is 19.4 Å². The van der Waals surface area contributed by atoms with E-state index < -0.39 is 5.60 Å². The summed E-state index contributed by atoms with van der Waals surface area (Å²) in [6.45, 7) is 4.57. The molecule has 2 aliphatic heterocycles. The molecule has 1 aromatic rings. The first-order valence-electron chi connectivity index (χ1n) is 8.18. The Morgan fingerprint density at radius 3 is 2.88 bits per heavy atom. The van der Waals surface area contributed by atoms with Crippen LogP contribution in [0.4, 0.5) is 0 Å². The summed E-state index contributed by atoms with van der Waals surface area (Å²) in [4.78, 5) is 26.1. The highest BCUT2D eigenvalue weighted by Crippen LogP contribution is 2.43. The molecule has 5 nitrogen and oxygen atoms in total. The van der Waals surface area contributed by atoms with Crippen molar-refractivity contribution in [2.45, 2.75) is 44.8 Å². The lowest BCUT2D eigenvalue weighted by Gasteiger charge is -2.38. The number of hydrogen-bond acceptors (Lipinski definition) is 4. The average molecular weight is 396 g/mol. The average Bonchev–Trinajstić information content (AvgIpc) is 2.50. The van der Waals surface area contributed by atoms with Gasteiger partial charge >= 0.3 is 5.97 Å². The molecule has 0 radical (unpaired) electrons. The second kappa shape index (κ2) is 6.39. The van der Waals surface area contributed by atoms with Gasteiger partial charge in [-0.3, -0.25) is 9.59 Å². The highest BCUT2D eigenvalue weighted by atomic mass is 79.9. The van der Waals surface area contributed by atoms with E-state index in [-0.39, 0.29) is 30.3 Å². The van der Waals surface area contributed by atoms with Crippen LogP contribution in [-0.2, 0) is 14.3 Å². The van der Waals surface area contributed by atoms with Crippen LogP contribution in [0.1, 0.15) is 44.8 Å². The monoisotopic (exact) mass is 395 g/mol. The van der Waals surface area contributed by atoms with Crippen LogP contribution < -0.4 is 4.74 Å². The van der Waals surface area contributed by atoms with Gasteiger partial charge in [0.25, 0.3) is 0 Å². The Hall–Kier alpha value is -1.56. The highest BCUT2D eigenvalue weighted by molar-refractivity contribution is 9.10. The van der Waals surface area contributed by atoms with Gasteiger partial charge in [-0.15, -0.1) is 0 Å². The number of ether oxygens (including phenoxy) is 2. The van der Waals surface area contributed by atoms with Crippen LogP contribution >= 0.6 is 15.9 Å². The van der Waals surface area contributed by atoms with Crippen molar-refractivity contribution < 1.29 is 19.1 Å². The van der Waals surface area contributed by atoms with Gasteiger partial charge in [0.2, 0.25) is 5.91 Å². The van der Waals surface area contributed by atoms with Gasteiger partial charge in [-0.25, -0.2) is 0 Å². The van der Waals surface area contributed by atoms with E-state index in [1.54, 1.807) is 11.9 Å². The molecule has 130 valence electrons. The van der Waals surface area contributed by atoms with Gasteiger partial charge in [-0.2, -0.15) is 0 Å². The molecular weight excluding hydrogens is 374 g/mol. The second-order valence-electron chi connectivity index (χ2n) is 7.18. The minimum Gasteiger partial charge on any atom is -0.487 e. The quantitative estimate of drug-likeness (QED) is 0.719. The molecular formula is C18H22BrNO4. The van der Waals surface area contributed by atoms with E-state index in [2.05, 4.69) is 15.9 Å². The molecule has 1 saturated heterocycles. The molecule has 1 amide bonds. The van der Waals surface area contributed by atoms with Gasteiger partial charge in [0.05, 0.1) is 5.92 Å². The summed E-state index contributed by atoms with van der Waals surface area (Å²) in [7, 11) is 1.76. The molecule has 0 bridgehead atoms. The lowest BCUT2D eigenvalue weighted by atomic mass is 9.91. The number of carbonyl (C=O) groups is 2. The third-order valence-corrected chi connectivity index (χ3v) is 5.13. The van der Waals surface area contributed by atoms with Gasteiger partial charge < -0.3 is 14.4 Å². The Balaban J connectivity index is 1.78. The third-order valence-electron chi connectivity index (χ3n) is 4.63. The van der Waals surface area contributed by atoms with Crippen molar-refractivity contribution in [3.05, 3.63) is 28.2 Å². The van der Waals surface area contributed by atoms with Crippen molar-refractivity contribution in [3.63, 3.8) is 0 Å². The summed E-state index contributed by atoms with van der Waals surface area (Å²) in [5.41, 5.74) is 0.463. The molecule has 2 aliphatic rings. The molecule has 3 rings (SSSR count). The summed E-state index contributed by atoms with van der Waals surface area (Å²) in [5.74, 6) is 0.102. The van der Waals surface area contributed by atoms with Crippen molar-refractivity contribution in [2.24, 2.45) is 5.92 Å². The predicted molar refractivity (Wildman–Crippen MR) is 92.7 cm³/mol. The van der Waals surface area contributed by atoms with Gasteiger partial charge in [-0.1, -0.05) is 15.9 Å². The summed E-state index contributed by atoms with van der Waals surface area (Å²) in [5, 5.41) is 0. The minimum absolute atomic E-state index is 0.00125. The molecule has 6 heteroatoms. The molecule has 0 aromatic heterocycles. The summed E-state index contributed by atoms with van der Waals surface area (Å²) in [6.07, 6.45) is 1.11. The number of rotatable bonds is 2. The first-order valence-corrected chi connectivity index (χ1v) is 8.97. The Morgan fingerprint density at radius 1 is 1.42 bits per heavy atom. The minimum atomic E-state index is -0.408. The Morgan fingerprint density at radius 2 is 2.17 bits per heavy atom. The molecule has 2 atom stereocenters. The molecule has 0 spiro atoms. The van der Waals surface area contributed by atoms with Gasteiger partial charge in [0, 0.05) is 36.5 Å².